The van der Waals surface area contributed by atoms with Crippen LogP contribution in [0.4, 0.5) is 4.39 Å². The highest BCUT2D eigenvalue weighted by Crippen LogP contribution is 2.23. The first kappa shape index (κ1) is 21.2. The van der Waals surface area contributed by atoms with Crippen molar-refractivity contribution < 1.29 is 18.7 Å². The Morgan fingerprint density at radius 3 is 2.68 bits per heavy atom. The Labute approximate surface area is 184 Å². The van der Waals surface area contributed by atoms with Crippen LogP contribution in [0, 0.1) is 5.82 Å². The third-order valence-electron chi connectivity index (χ3n) is 5.14. The minimum atomic E-state index is -0.602. The van der Waals surface area contributed by atoms with E-state index in [4.69, 9.17) is 4.74 Å². The highest BCUT2D eigenvalue weighted by molar-refractivity contribution is 8.00. The molecule has 2 N–H and O–H groups in total. The molecule has 0 radical (unpaired) electrons. The summed E-state index contributed by atoms with van der Waals surface area (Å²) >= 11 is 1.38. The number of hydrogen-bond donors (Lipinski definition) is 2. The maximum atomic E-state index is 13.8. The largest absolute Gasteiger partial charge is 0.492 e. The van der Waals surface area contributed by atoms with Gasteiger partial charge in [-0.2, -0.15) is 0 Å². The molecule has 4 rings (SSSR count). The first-order valence-corrected chi connectivity index (χ1v) is 11.2. The normalized spacial score (nSPS) is 18.4. The zero-order chi connectivity index (χ0) is 21.6. The molecule has 3 aromatic carbocycles. The zero-order valence-corrected chi connectivity index (χ0v) is 17.7. The molecule has 1 aliphatic heterocycles. The number of hydrogen-bond acceptors (Lipinski definition) is 4. The van der Waals surface area contributed by atoms with Crippen LogP contribution in [0.25, 0.3) is 10.8 Å². The van der Waals surface area contributed by atoms with E-state index in [-0.39, 0.29) is 17.6 Å². The average molecular weight is 439 g/mol. The lowest BCUT2D eigenvalue weighted by atomic mass is 10.1. The third kappa shape index (κ3) is 5.35. The van der Waals surface area contributed by atoms with Gasteiger partial charge in [0.05, 0.1) is 11.8 Å². The summed E-state index contributed by atoms with van der Waals surface area (Å²) in [5.74, 6) is 0.384. The number of benzene rings is 3. The number of nitrogens with one attached hydrogen (secondary N) is 2. The summed E-state index contributed by atoms with van der Waals surface area (Å²) in [7, 11) is 0. The average Bonchev–Trinajstić information content (AvgIpc) is 2.79. The third-order valence-corrected chi connectivity index (χ3v) is 6.45. The van der Waals surface area contributed by atoms with Crippen LogP contribution in [-0.4, -0.2) is 42.0 Å². The predicted octanol–water partition coefficient (Wildman–Crippen LogP) is 3.32. The number of rotatable bonds is 7. The van der Waals surface area contributed by atoms with E-state index >= 15 is 0 Å². The molecule has 0 bridgehead atoms. The quantitative estimate of drug-likeness (QED) is 0.556. The Bertz CT molecular complexity index is 1090. The standard InChI is InChI=1S/C24H23FN2O3S/c25-20-8-4-3-7-18(20)14-22-24(29)27-21(15-31-22)23(28)26-11-12-30-19-10-9-16-5-1-2-6-17(16)13-19/h1-10,13,21-22H,11-12,14-15H2,(H,26,28)(H,27,29)/t21-,22+/m1/s1. The van der Waals surface area contributed by atoms with Crippen LogP contribution in [0.3, 0.4) is 0 Å². The Hall–Kier alpha value is -3.06. The van der Waals surface area contributed by atoms with E-state index in [0.717, 1.165) is 16.5 Å². The molecule has 0 aliphatic carbocycles. The first-order chi connectivity index (χ1) is 15.1. The minimum Gasteiger partial charge on any atom is -0.492 e. The lowest BCUT2D eigenvalue weighted by Gasteiger charge is -2.28. The molecule has 2 amide bonds. The summed E-state index contributed by atoms with van der Waals surface area (Å²) in [6, 6.07) is 19.7. The van der Waals surface area contributed by atoms with Crippen LogP contribution in [0.1, 0.15) is 5.56 Å². The van der Waals surface area contributed by atoms with E-state index in [2.05, 4.69) is 10.6 Å². The van der Waals surface area contributed by atoms with Gasteiger partial charge in [0.2, 0.25) is 11.8 Å². The number of thioether (sulfide) groups is 1. The highest BCUT2D eigenvalue weighted by atomic mass is 32.2. The van der Waals surface area contributed by atoms with Gasteiger partial charge in [0.15, 0.2) is 0 Å². The van der Waals surface area contributed by atoms with Crippen LogP contribution in [0.5, 0.6) is 5.75 Å². The molecule has 0 aromatic heterocycles. The number of carbonyl (C=O) groups is 2. The highest BCUT2D eigenvalue weighted by Gasteiger charge is 2.32. The van der Waals surface area contributed by atoms with Crippen molar-refractivity contribution in [1.82, 2.24) is 10.6 Å². The first-order valence-electron chi connectivity index (χ1n) is 10.1. The van der Waals surface area contributed by atoms with Crippen molar-refractivity contribution in [3.05, 3.63) is 78.1 Å². The summed E-state index contributed by atoms with van der Waals surface area (Å²) in [6.07, 6.45) is 0.303. The minimum absolute atomic E-state index is 0.243. The second kappa shape index (κ2) is 9.83. The number of ether oxygens (including phenoxy) is 1. The summed E-state index contributed by atoms with van der Waals surface area (Å²) in [6.45, 7) is 0.662. The summed E-state index contributed by atoms with van der Waals surface area (Å²) in [5.41, 5.74) is 0.504. The molecule has 1 saturated heterocycles. The van der Waals surface area contributed by atoms with Gasteiger partial charge in [-0.05, 0) is 41.0 Å². The number of amides is 2. The van der Waals surface area contributed by atoms with Gasteiger partial charge < -0.3 is 15.4 Å². The molecule has 7 heteroatoms. The maximum absolute atomic E-state index is 13.8. The fourth-order valence-electron chi connectivity index (χ4n) is 3.47. The fraction of sp³-hybridized carbons (Fsp3) is 0.250. The number of fused-ring (bicyclic) bond motifs is 1. The Kier molecular flexibility index (Phi) is 6.72. The monoisotopic (exact) mass is 438 g/mol. The smallest absolute Gasteiger partial charge is 0.243 e. The molecule has 2 atom stereocenters. The number of halogens is 1. The van der Waals surface area contributed by atoms with Crippen molar-refractivity contribution in [3.63, 3.8) is 0 Å². The van der Waals surface area contributed by atoms with E-state index in [1.807, 2.05) is 42.5 Å². The Morgan fingerprint density at radius 2 is 1.87 bits per heavy atom. The molecule has 0 spiro atoms. The second-order valence-corrected chi connectivity index (χ2v) is 8.56. The lowest BCUT2D eigenvalue weighted by Crippen LogP contribution is -2.54. The summed E-state index contributed by atoms with van der Waals surface area (Å²) in [5, 5.41) is 7.38. The fourth-order valence-corrected chi connectivity index (χ4v) is 4.65. The van der Waals surface area contributed by atoms with Crippen molar-refractivity contribution in [3.8, 4) is 5.75 Å². The van der Waals surface area contributed by atoms with Gasteiger partial charge in [-0.25, -0.2) is 4.39 Å². The molecular weight excluding hydrogens is 415 g/mol. The van der Waals surface area contributed by atoms with Crippen molar-refractivity contribution >= 4 is 34.3 Å². The Balaban J connectivity index is 1.21. The maximum Gasteiger partial charge on any atom is 0.243 e. The topological polar surface area (TPSA) is 67.4 Å². The molecule has 31 heavy (non-hydrogen) atoms. The Morgan fingerprint density at radius 1 is 1.10 bits per heavy atom. The van der Waals surface area contributed by atoms with Crippen LogP contribution >= 0.6 is 11.8 Å². The second-order valence-electron chi connectivity index (χ2n) is 7.33. The van der Waals surface area contributed by atoms with Crippen molar-refractivity contribution in [2.24, 2.45) is 0 Å². The van der Waals surface area contributed by atoms with E-state index in [1.54, 1.807) is 18.2 Å². The molecule has 0 unspecified atom stereocenters. The molecule has 1 aliphatic rings. The van der Waals surface area contributed by atoms with Crippen LogP contribution < -0.4 is 15.4 Å². The van der Waals surface area contributed by atoms with Crippen molar-refractivity contribution in [2.45, 2.75) is 17.7 Å². The molecule has 160 valence electrons. The molecule has 5 nitrogen and oxygen atoms in total. The molecule has 0 saturated carbocycles. The van der Waals surface area contributed by atoms with Gasteiger partial charge in [0.25, 0.3) is 0 Å². The van der Waals surface area contributed by atoms with Gasteiger partial charge in [0, 0.05) is 5.75 Å². The van der Waals surface area contributed by atoms with Gasteiger partial charge in [-0.3, -0.25) is 9.59 Å². The summed E-state index contributed by atoms with van der Waals surface area (Å²) < 4.78 is 19.6. The molecule has 1 heterocycles. The van der Waals surface area contributed by atoms with E-state index in [9.17, 15) is 14.0 Å². The lowest BCUT2D eigenvalue weighted by molar-refractivity contribution is -0.128. The van der Waals surface area contributed by atoms with E-state index in [1.165, 1.54) is 17.8 Å². The molecule has 3 aromatic rings. The van der Waals surface area contributed by atoms with Gasteiger partial charge >= 0.3 is 0 Å². The van der Waals surface area contributed by atoms with Crippen LogP contribution in [0.15, 0.2) is 66.7 Å². The predicted molar refractivity (Wildman–Crippen MR) is 121 cm³/mol. The van der Waals surface area contributed by atoms with Crippen LogP contribution in [0.2, 0.25) is 0 Å². The molecule has 1 fully saturated rings. The van der Waals surface area contributed by atoms with Gasteiger partial charge in [-0.1, -0.05) is 48.5 Å². The van der Waals surface area contributed by atoms with E-state index < -0.39 is 11.3 Å². The molecular formula is C24H23FN2O3S. The summed E-state index contributed by atoms with van der Waals surface area (Å²) in [4.78, 5) is 24.8. The SMILES string of the molecule is O=C1N[C@@H](C(=O)NCCOc2ccc3ccccc3c2)CS[C@H]1Cc1ccccc1F. The number of carbonyl (C=O) groups excluding carboxylic acids is 2. The van der Waals surface area contributed by atoms with Crippen LogP contribution in [-0.2, 0) is 16.0 Å². The zero-order valence-electron chi connectivity index (χ0n) is 16.8. The van der Waals surface area contributed by atoms with Gasteiger partial charge in [0.1, 0.15) is 24.2 Å². The van der Waals surface area contributed by atoms with E-state index in [0.29, 0.717) is 30.9 Å². The van der Waals surface area contributed by atoms with Gasteiger partial charge in [-0.15, -0.1) is 11.8 Å². The van der Waals surface area contributed by atoms with Crippen molar-refractivity contribution in [1.29, 1.82) is 0 Å². The van der Waals surface area contributed by atoms with Crippen molar-refractivity contribution in [2.75, 3.05) is 18.9 Å².